The standard InChI is InChI=1S/C15H28N2O/c1-3-12-7-9-13(10-8-12)17-11-5-6-14(15(17)18)16-4-2/h12-14,16H,3-11H2,1-2H3. The molecule has 0 aromatic rings. The fourth-order valence-electron chi connectivity index (χ4n) is 3.56. The first-order valence-corrected chi connectivity index (χ1v) is 7.80. The largest absolute Gasteiger partial charge is 0.338 e. The molecule has 3 nitrogen and oxygen atoms in total. The lowest BCUT2D eigenvalue weighted by Gasteiger charge is -2.41. The molecule has 1 atom stereocenters. The van der Waals surface area contributed by atoms with E-state index in [1.54, 1.807) is 0 Å². The van der Waals surface area contributed by atoms with Gasteiger partial charge < -0.3 is 10.2 Å². The first-order chi connectivity index (χ1) is 8.76. The highest BCUT2D eigenvalue weighted by molar-refractivity contribution is 5.82. The second-order valence-corrected chi connectivity index (χ2v) is 5.87. The monoisotopic (exact) mass is 252 g/mol. The molecule has 1 aliphatic heterocycles. The van der Waals surface area contributed by atoms with Crippen molar-refractivity contribution >= 4 is 5.91 Å². The molecule has 1 N–H and O–H groups in total. The van der Waals surface area contributed by atoms with Crippen molar-refractivity contribution in [3.05, 3.63) is 0 Å². The van der Waals surface area contributed by atoms with Crippen molar-refractivity contribution in [2.75, 3.05) is 13.1 Å². The molecule has 0 aromatic heterocycles. The molecule has 1 heterocycles. The summed E-state index contributed by atoms with van der Waals surface area (Å²) in [5, 5.41) is 3.33. The Balaban J connectivity index is 1.90. The number of likely N-dealkylation sites (tertiary alicyclic amines) is 1. The molecule has 1 amide bonds. The van der Waals surface area contributed by atoms with E-state index < -0.39 is 0 Å². The minimum atomic E-state index is 0.0904. The predicted octanol–water partition coefficient (Wildman–Crippen LogP) is 2.56. The van der Waals surface area contributed by atoms with Gasteiger partial charge in [0.05, 0.1) is 6.04 Å². The van der Waals surface area contributed by atoms with Crippen molar-refractivity contribution < 1.29 is 4.79 Å². The lowest BCUT2D eigenvalue weighted by Crippen LogP contribution is -2.54. The van der Waals surface area contributed by atoms with E-state index in [0.29, 0.717) is 11.9 Å². The summed E-state index contributed by atoms with van der Waals surface area (Å²) in [6.07, 6.45) is 8.57. The summed E-state index contributed by atoms with van der Waals surface area (Å²) in [6.45, 7) is 6.26. The van der Waals surface area contributed by atoms with Crippen LogP contribution < -0.4 is 5.32 Å². The number of piperidine rings is 1. The van der Waals surface area contributed by atoms with Crippen molar-refractivity contribution in [1.29, 1.82) is 0 Å². The molecule has 1 saturated heterocycles. The Bertz CT molecular complexity index is 270. The number of nitrogens with one attached hydrogen (secondary N) is 1. The fourth-order valence-corrected chi connectivity index (χ4v) is 3.56. The summed E-state index contributed by atoms with van der Waals surface area (Å²) in [5.41, 5.74) is 0. The highest BCUT2D eigenvalue weighted by Gasteiger charge is 2.34. The highest BCUT2D eigenvalue weighted by atomic mass is 16.2. The maximum atomic E-state index is 12.4. The summed E-state index contributed by atoms with van der Waals surface area (Å²) in [6, 6.07) is 0.620. The minimum Gasteiger partial charge on any atom is -0.338 e. The van der Waals surface area contributed by atoms with Crippen LogP contribution in [0.2, 0.25) is 0 Å². The fraction of sp³-hybridized carbons (Fsp3) is 0.933. The van der Waals surface area contributed by atoms with Gasteiger partial charge >= 0.3 is 0 Å². The van der Waals surface area contributed by atoms with Crippen LogP contribution in [0.3, 0.4) is 0 Å². The third-order valence-electron chi connectivity index (χ3n) is 4.76. The van der Waals surface area contributed by atoms with Crippen LogP contribution in [-0.2, 0) is 4.79 Å². The number of hydrogen-bond acceptors (Lipinski definition) is 2. The lowest BCUT2D eigenvalue weighted by atomic mass is 9.83. The number of carbonyl (C=O) groups is 1. The SMILES string of the molecule is CCNC1CCCN(C2CCC(CC)CC2)C1=O. The maximum absolute atomic E-state index is 12.4. The van der Waals surface area contributed by atoms with Crippen LogP contribution in [0.25, 0.3) is 0 Å². The molecule has 2 aliphatic rings. The Morgan fingerprint density at radius 3 is 2.50 bits per heavy atom. The van der Waals surface area contributed by atoms with E-state index in [0.717, 1.165) is 31.8 Å². The van der Waals surface area contributed by atoms with Gasteiger partial charge in [-0.15, -0.1) is 0 Å². The Labute approximate surface area is 111 Å². The molecule has 0 radical (unpaired) electrons. The summed E-state index contributed by atoms with van der Waals surface area (Å²) < 4.78 is 0. The van der Waals surface area contributed by atoms with Crippen LogP contribution in [0.4, 0.5) is 0 Å². The van der Waals surface area contributed by atoms with Gasteiger partial charge in [0.25, 0.3) is 0 Å². The minimum absolute atomic E-state index is 0.0904. The van der Waals surface area contributed by atoms with Crippen LogP contribution >= 0.6 is 0 Å². The number of nitrogens with zero attached hydrogens (tertiary/aromatic N) is 1. The third-order valence-corrected chi connectivity index (χ3v) is 4.76. The zero-order chi connectivity index (χ0) is 13.0. The van der Waals surface area contributed by atoms with E-state index in [4.69, 9.17) is 0 Å². The predicted molar refractivity (Wildman–Crippen MR) is 74.4 cm³/mol. The Kier molecular flexibility index (Phi) is 5.04. The van der Waals surface area contributed by atoms with Gasteiger partial charge in [-0.05, 0) is 51.0 Å². The molecule has 2 rings (SSSR count). The van der Waals surface area contributed by atoms with Crippen LogP contribution in [0.5, 0.6) is 0 Å². The zero-order valence-corrected chi connectivity index (χ0v) is 12.0. The van der Waals surface area contributed by atoms with Gasteiger partial charge in [-0.2, -0.15) is 0 Å². The maximum Gasteiger partial charge on any atom is 0.239 e. The lowest BCUT2D eigenvalue weighted by molar-refractivity contribution is -0.139. The third kappa shape index (κ3) is 3.05. The molecule has 1 unspecified atom stereocenters. The van der Waals surface area contributed by atoms with Crippen molar-refractivity contribution in [2.24, 2.45) is 5.92 Å². The number of likely N-dealkylation sites (N-methyl/N-ethyl adjacent to an activating group) is 1. The second kappa shape index (κ2) is 6.55. The molecule has 104 valence electrons. The van der Waals surface area contributed by atoms with Crippen molar-refractivity contribution in [2.45, 2.75) is 70.9 Å². The molecular weight excluding hydrogens is 224 g/mol. The highest BCUT2D eigenvalue weighted by Crippen LogP contribution is 2.31. The normalized spacial score (nSPS) is 33.8. The number of rotatable bonds is 4. The van der Waals surface area contributed by atoms with E-state index in [1.807, 2.05) is 0 Å². The molecule has 2 fully saturated rings. The molecule has 0 aromatic carbocycles. The quantitative estimate of drug-likeness (QED) is 0.834. The van der Waals surface area contributed by atoms with E-state index >= 15 is 0 Å². The second-order valence-electron chi connectivity index (χ2n) is 5.87. The summed E-state index contributed by atoms with van der Waals surface area (Å²) >= 11 is 0. The molecule has 1 aliphatic carbocycles. The number of carbonyl (C=O) groups excluding carboxylic acids is 1. The molecule has 0 spiro atoms. The van der Waals surface area contributed by atoms with E-state index in [9.17, 15) is 4.79 Å². The van der Waals surface area contributed by atoms with E-state index in [-0.39, 0.29) is 6.04 Å². The average Bonchev–Trinajstić information content (AvgIpc) is 2.42. The molecule has 1 saturated carbocycles. The van der Waals surface area contributed by atoms with Gasteiger partial charge in [-0.25, -0.2) is 0 Å². The topological polar surface area (TPSA) is 32.3 Å². The van der Waals surface area contributed by atoms with Crippen molar-refractivity contribution in [3.8, 4) is 0 Å². The van der Waals surface area contributed by atoms with Crippen LogP contribution in [0.15, 0.2) is 0 Å². The van der Waals surface area contributed by atoms with Crippen LogP contribution in [0, 0.1) is 5.92 Å². The summed E-state index contributed by atoms with van der Waals surface area (Å²) in [7, 11) is 0. The van der Waals surface area contributed by atoms with E-state index in [1.165, 1.54) is 32.1 Å². The summed E-state index contributed by atoms with van der Waals surface area (Å²) in [5.74, 6) is 1.27. The van der Waals surface area contributed by atoms with Gasteiger partial charge in [0, 0.05) is 12.6 Å². The van der Waals surface area contributed by atoms with Crippen LogP contribution in [-0.4, -0.2) is 36.0 Å². The van der Waals surface area contributed by atoms with Crippen LogP contribution in [0.1, 0.15) is 58.8 Å². The molecule has 0 bridgehead atoms. The first kappa shape index (κ1) is 13.9. The number of amides is 1. The Hall–Kier alpha value is -0.570. The molecule has 18 heavy (non-hydrogen) atoms. The van der Waals surface area contributed by atoms with Gasteiger partial charge in [-0.1, -0.05) is 20.3 Å². The van der Waals surface area contributed by atoms with Gasteiger partial charge in [-0.3, -0.25) is 4.79 Å². The van der Waals surface area contributed by atoms with Crippen molar-refractivity contribution in [1.82, 2.24) is 10.2 Å². The average molecular weight is 252 g/mol. The molecular formula is C15H28N2O. The first-order valence-electron chi connectivity index (χ1n) is 7.80. The summed E-state index contributed by atoms with van der Waals surface area (Å²) in [4.78, 5) is 14.6. The van der Waals surface area contributed by atoms with Gasteiger partial charge in [0.1, 0.15) is 0 Å². The zero-order valence-electron chi connectivity index (χ0n) is 12.0. The Morgan fingerprint density at radius 1 is 1.17 bits per heavy atom. The van der Waals surface area contributed by atoms with E-state index in [2.05, 4.69) is 24.1 Å². The smallest absolute Gasteiger partial charge is 0.239 e. The number of hydrogen-bond donors (Lipinski definition) is 1. The molecule has 3 heteroatoms. The van der Waals surface area contributed by atoms with Crippen molar-refractivity contribution in [3.63, 3.8) is 0 Å². The Morgan fingerprint density at radius 2 is 1.89 bits per heavy atom. The van der Waals surface area contributed by atoms with Gasteiger partial charge in [0.2, 0.25) is 5.91 Å². The van der Waals surface area contributed by atoms with Gasteiger partial charge in [0.15, 0.2) is 0 Å².